The molecule has 1 fully saturated rings. The van der Waals surface area contributed by atoms with Crippen LogP contribution < -0.4 is 5.73 Å². The number of aryl methyl sites for hydroxylation is 1. The van der Waals surface area contributed by atoms with Crippen molar-refractivity contribution >= 4 is 10.8 Å². The summed E-state index contributed by atoms with van der Waals surface area (Å²) in [7, 11) is -0.982. The minimum absolute atomic E-state index is 0.0689. The lowest BCUT2D eigenvalue weighted by atomic mass is 9.75. The van der Waals surface area contributed by atoms with Crippen LogP contribution in [0.5, 0.6) is 0 Å². The lowest BCUT2D eigenvalue weighted by Gasteiger charge is -2.38. The van der Waals surface area contributed by atoms with Gasteiger partial charge in [-0.15, -0.1) is 0 Å². The van der Waals surface area contributed by atoms with Gasteiger partial charge in [0, 0.05) is 10.9 Å². The maximum atomic E-state index is 12.7. The third-order valence-corrected chi connectivity index (χ3v) is 5.67. The quantitative estimate of drug-likeness (QED) is 0.893. The van der Waals surface area contributed by atoms with Gasteiger partial charge in [-0.2, -0.15) is 0 Å². The fraction of sp³-hybridized carbons (Fsp3) is 0.600. The summed E-state index contributed by atoms with van der Waals surface area (Å²) in [5.74, 6) is 0. The Hall–Kier alpha value is -0.670. The summed E-state index contributed by atoms with van der Waals surface area (Å²) in [6.07, 6.45) is 3.07. The van der Waals surface area contributed by atoms with Gasteiger partial charge in [0.25, 0.3) is 0 Å². The molecule has 3 unspecified atom stereocenters. The first-order valence-corrected chi connectivity index (χ1v) is 7.83. The molecule has 3 atom stereocenters. The van der Waals surface area contributed by atoms with Crippen molar-refractivity contribution in [2.45, 2.75) is 56.2 Å². The van der Waals surface area contributed by atoms with Gasteiger partial charge < -0.3 is 5.73 Å². The second-order valence-electron chi connectivity index (χ2n) is 6.22. The van der Waals surface area contributed by atoms with E-state index in [2.05, 4.69) is 13.8 Å². The van der Waals surface area contributed by atoms with Crippen LogP contribution in [0, 0.1) is 12.3 Å². The van der Waals surface area contributed by atoms with Crippen molar-refractivity contribution in [3.05, 3.63) is 29.8 Å². The summed E-state index contributed by atoms with van der Waals surface area (Å²) in [5.41, 5.74) is 7.60. The fourth-order valence-electron chi connectivity index (χ4n) is 2.69. The largest absolute Gasteiger partial charge is 0.327 e. The number of benzene rings is 1. The van der Waals surface area contributed by atoms with E-state index in [1.54, 1.807) is 0 Å². The van der Waals surface area contributed by atoms with Crippen molar-refractivity contribution in [3.8, 4) is 0 Å². The molecule has 100 valence electrons. The van der Waals surface area contributed by atoms with E-state index in [1.165, 1.54) is 0 Å². The molecule has 0 radical (unpaired) electrons. The van der Waals surface area contributed by atoms with Crippen LogP contribution in [0.25, 0.3) is 0 Å². The number of rotatable bonds is 2. The van der Waals surface area contributed by atoms with Gasteiger partial charge >= 0.3 is 0 Å². The Morgan fingerprint density at radius 2 is 2.11 bits per heavy atom. The summed E-state index contributed by atoms with van der Waals surface area (Å²) < 4.78 is 12.7. The molecule has 2 nitrogen and oxygen atoms in total. The topological polar surface area (TPSA) is 43.1 Å². The van der Waals surface area contributed by atoms with Gasteiger partial charge in [-0.25, -0.2) is 0 Å². The zero-order valence-corrected chi connectivity index (χ0v) is 12.3. The summed E-state index contributed by atoms with van der Waals surface area (Å²) in [5, 5.41) is 0.0931. The van der Waals surface area contributed by atoms with Crippen molar-refractivity contribution in [2.24, 2.45) is 11.1 Å². The Balaban J connectivity index is 2.22. The van der Waals surface area contributed by atoms with Crippen molar-refractivity contribution in [1.29, 1.82) is 0 Å². The van der Waals surface area contributed by atoms with E-state index < -0.39 is 10.8 Å². The fourth-order valence-corrected chi connectivity index (χ4v) is 4.61. The third kappa shape index (κ3) is 3.01. The molecule has 1 aliphatic carbocycles. The first-order valence-electron chi connectivity index (χ1n) is 6.62. The average molecular weight is 265 g/mol. The standard InChI is InChI=1S/C15H23NOS/c1-11-5-4-6-12(9-11)18(17)14-10-15(2,3)8-7-13(14)16/h4-6,9,13-14H,7-8,10,16H2,1-3H3. The van der Waals surface area contributed by atoms with Gasteiger partial charge in [-0.05, 0) is 49.3 Å². The van der Waals surface area contributed by atoms with E-state index in [9.17, 15) is 4.21 Å². The molecular weight excluding hydrogens is 242 g/mol. The van der Waals surface area contributed by atoms with Gasteiger partial charge in [-0.1, -0.05) is 26.0 Å². The Bertz CT molecular complexity index is 456. The Kier molecular flexibility index (Phi) is 3.93. The molecule has 1 aromatic rings. The highest BCUT2D eigenvalue weighted by Crippen LogP contribution is 2.38. The molecule has 1 aromatic carbocycles. The van der Waals surface area contributed by atoms with E-state index in [-0.39, 0.29) is 16.7 Å². The second kappa shape index (κ2) is 5.14. The van der Waals surface area contributed by atoms with Crippen molar-refractivity contribution in [3.63, 3.8) is 0 Å². The smallest absolute Gasteiger partial charge is 0.0576 e. The average Bonchev–Trinajstić information content (AvgIpc) is 2.31. The van der Waals surface area contributed by atoms with Crippen LogP contribution in [0.4, 0.5) is 0 Å². The highest BCUT2D eigenvalue weighted by atomic mass is 32.2. The van der Waals surface area contributed by atoms with Crippen molar-refractivity contribution in [1.82, 2.24) is 0 Å². The van der Waals surface area contributed by atoms with Crippen LogP contribution in [0.3, 0.4) is 0 Å². The predicted molar refractivity (Wildman–Crippen MR) is 77.0 cm³/mol. The highest BCUT2D eigenvalue weighted by molar-refractivity contribution is 7.85. The molecule has 1 saturated carbocycles. The van der Waals surface area contributed by atoms with Crippen molar-refractivity contribution < 1.29 is 4.21 Å². The van der Waals surface area contributed by atoms with Crippen LogP contribution in [0.15, 0.2) is 29.2 Å². The minimum Gasteiger partial charge on any atom is -0.327 e. The Labute approximate surface area is 112 Å². The molecular formula is C15H23NOS. The molecule has 0 amide bonds. The zero-order chi connectivity index (χ0) is 13.3. The van der Waals surface area contributed by atoms with Crippen LogP contribution in [0.2, 0.25) is 0 Å². The molecule has 1 aliphatic rings. The molecule has 2 N–H and O–H groups in total. The number of hydrogen-bond donors (Lipinski definition) is 1. The van der Waals surface area contributed by atoms with E-state index in [4.69, 9.17) is 5.73 Å². The van der Waals surface area contributed by atoms with Gasteiger partial charge in [0.2, 0.25) is 0 Å². The molecule has 2 rings (SSSR count). The molecule has 0 aromatic heterocycles. The molecule has 0 saturated heterocycles. The second-order valence-corrected chi connectivity index (χ2v) is 7.89. The highest BCUT2D eigenvalue weighted by Gasteiger charge is 2.36. The summed E-state index contributed by atoms with van der Waals surface area (Å²) in [4.78, 5) is 0.924. The first-order chi connectivity index (χ1) is 8.39. The van der Waals surface area contributed by atoms with Gasteiger partial charge in [-0.3, -0.25) is 4.21 Å². The summed E-state index contributed by atoms with van der Waals surface area (Å²) >= 11 is 0. The van der Waals surface area contributed by atoms with E-state index >= 15 is 0 Å². The maximum absolute atomic E-state index is 12.7. The third-order valence-electron chi connectivity index (χ3n) is 3.88. The van der Waals surface area contributed by atoms with Gasteiger partial charge in [0.15, 0.2) is 0 Å². The molecule has 0 spiro atoms. The van der Waals surface area contributed by atoms with Gasteiger partial charge in [0.05, 0.1) is 16.0 Å². The number of nitrogens with two attached hydrogens (primary N) is 1. The molecule has 3 heteroatoms. The monoisotopic (exact) mass is 265 g/mol. The van der Waals surface area contributed by atoms with E-state index in [0.29, 0.717) is 0 Å². The number of hydrogen-bond acceptors (Lipinski definition) is 2. The lowest BCUT2D eigenvalue weighted by Crippen LogP contribution is -2.45. The molecule has 0 aliphatic heterocycles. The van der Waals surface area contributed by atoms with Gasteiger partial charge in [0.1, 0.15) is 0 Å². The molecule has 18 heavy (non-hydrogen) atoms. The van der Waals surface area contributed by atoms with Crippen LogP contribution in [-0.2, 0) is 10.8 Å². The Morgan fingerprint density at radius 3 is 2.78 bits per heavy atom. The van der Waals surface area contributed by atoms with E-state index in [0.717, 1.165) is 29.7 Å². The normalized spacial score (nSPS) is 28.9. The first kappa shape index (κ1) is 13.8. The van der Waals surface area contributed by atoms with Crippen LogP contribution in [-0.4, -0.2) is 15.5 Å². The summed E-state index contributed by atoms with van der Waals surface area (Å²) in [6, 6.07) is 8.05. The van der Waals surface area contributed by atoms with Crippen LogP contribution >= 0.6 is 0 Å². The Morgan fingerprint density at radius 1 is 1.39 bits per heavy atom. The predicted octanol–water partition coefficient (Wildman–Crippen LogP) is 3.01. The molecule has 0 bridgehead atoms. The minimum atomic E-state index is -0.982. The van der Waals surface area contributed by atoms with Crippen LogP contribution in [0.1, 0.15) is 38.7 Å². The molecule has 0 heterocycles. The van der Waals surface area contributed by atoms with Crippen molar-refractivity contribution in [2.75, 3.05) is 0 Å². The van der Waals surface area contributed by atoms with E-state index in [1.807, 2.05) is 31.2 Å². The summed E-state index contributed by atoms with van der Waals surface area (Å²) in [6.45, 7) is 6.53. The lowest BCUT2D eigenvalue weighted by molar-refractivity contribution is 0.230. The zero-order valence-electron chi connectivity index (χ0n) is 11.5. The SMILES string of the molecule is Cc1cccc(S(=O)C2CC(C)(C)CCC2N)c1. The maximum Gasteiger partial charge on any atom is 0.0576 e.